The Morgan fingerprint density at radius 1 is 1.40 bits per heavy atom. The van der Waals surface area contributed by atoms with Crippen LogP contribution in [-0.2, 0) is 17.4 Å². The highest BCUT2D eigenvalue weighted by atomic mass is 32.1. The van der Waals surface area contributed by atoms with Gasteiger partial charge in [0, 0.05) is 4.38 Å². The van der Waals surface area contributed by atoms with Crippen LogP contribution in [0.2, 0.25) is 0 Å². The molecule has 10 heavy (non-hydrogen) atoms. The summed E-state index contributed by atoms with van der Waals surface area (Å²) >= 11 is 9.13. The van der Waals surface area contributed by atoms with Crippen LogP contribution in [0.15, 0.2) is 0 Å². The van der Waals surface area contributed by atoms with Crippen molar-refractivity contribution in [3.05, 3.63) is 0 Å². The highest BCUT2D eigenvalue weighted by Gasteiger charge is 1.85. The third-order valence-corrected chi connectivity index (χ3v) is 1.45. The van der Waals surface area contributed by atoms with Crippen LogP contribution in [-0.4, -0.2) is 11.0 Å². The Morgan fingerprint density at radius 3 is 2.60 bits per heavy atom. The van der Waals surface area contributed by atoms with Gasteiger partial charge in [-0.25, -0.2) is 0 Å². The Kier molecular flexibility index (Phi) is 7.30. The van der Waals surface area contributed by atoms with Crippen LogP contribution in [0.5, 0.6) is 0 Å². The summed E-state index contributed by atoms with van der Waals surface area (Å²) in [6, 6.07) is 0. The fourth-order valence-corrected chi connectivity index (χ4v) is 0.851. The van der Waals surface area contributed by atoms with Crippen LogP contribution in [0, 0.1) is 0 Å². The number of hydrogen-bond acceptors (Lipinski definition) is 3. The van der Waals surface area contributed by atoms with Crippen molar-refractivity contribution in [1.82, 2.24) is 0 Å². The summed E-state index contributed by atoms with van der Waals surface area (Å²) in [6.07, 6.45) is 4.81. The van der Waals surface area contributed by atoms with Gasteiger partial charge in [-0.15, -0.1) is 0 Å². The molecule has 0 radical (unpaired) electrons. The lowest BCUT2D eigenvalue weighted by Gasteiger charge is -2.07. The van der Waals surface area contributed by atoms with Gasteiger partial charge in [0.15, 0.2) is 0 Å². The SMILES string of the molecule is CCCCCCOC(=S)[S-]. The summed E-state index contributed by atoms with van der Waals surface area (Å²) in [4.78, 5) is 0. The lowest BCUT2D eigenvalue weighted by Crippen LogP contribution is -1.98. The largest absolute Gasteiger partial charge is 0.514 e. The highest BCUT2D eigenvalue weighted by Crippen LogP contribution is 1.98. The Balaban J connectivity index is 2.84. The maximum absolute atomic E-state index is 4.93. The average molecular weight is 177 g/mol. The number of ether oxygens (including phenoxy) is 1. The molecule has 0 aromatic rings. The zero-order valence-corrected chi connectivity index (χ0v) is 7.89. The van der Waals surface area contributed by atoms with Crippen LogP contribution in [0.1, 0.15) is 32.6 Å². The van der Waals surface area contributed by atoms with Gasteiger partial charge >= 0.3 is 0 Å². The van der Waals surface area contributed by atoms with Crippen molar-refractivity contribution < 1.29 is 4.74 Å². The average Bonchev–Trinajstić information content (AvgIpc) is 1.87. The van der Waals surface area contributed by atoms with Gasteiger partial charge in [0.2, 0.25) is 0 Å². The van der Waals surface area contributed by atoms with Gasteiger partial charge in [0.25, 0.3) is 0 Å². The molecule has 0 bridgehead atoms. The third kappa shape index (κ3) is 8.11. The molecule has 0 spiro atoms. The van der Waals surface area contributed by atoms with E-state index in [0.29, 0.717) is 6.61 Å². The summed E-state index contributed by atoms with van der Waals surface area (Å²) in [5.41, 5.74) is 0. The minimum Gasteiger partial charge on any atom is -0.514 e. The molecule has 3 heteroatoms. The molecule has 0 saturated heterocycles. The van der Waals surface area contributed by atoms with Crippen molar-refractivity contribution in [2.45, 2.75) is 32.6 Å². The molecule has 1 nitrogen and oxygen atoms in total. The van der Waals surface area contributed by atoms with Gasteiger partial charge in [-0.2, -0.15) is 0 Å². The van der Waals surface area contributed by atoms with Crippen molar-refractivity contribution in [1.29, 1.82) is 0 Å². The van der Waals surface area contributed by atoms with Crippen molar-refractivity contribution in [3.63, 3.8) is 0 Å². The van der Waals surface area contributed by atoms with Crippen molar-refractivity contribution in [2.24, 2.45) is 0 Å². The first-order chi connectivity index (χ1) is 4.77. The molecule has 0 N–H and O–H groups in total. The van der Waals surface area contributed by atoms with Gasteiger partial charge in [-0.1, -0.05) is 26.2 Å². The lowest BCUT2D eigenvalue weighted by molar-refractivity contribution is 0.309. The zero-order valence-electron chi connectivity index (χ0n) is 6.26. The maximum atomic E-state index is 4.93. The summed E-state index contributed by atoms with van der Waals surface area (Å²) in [5.74, 6) is 0. The lowest BCUT2D eigenvalue weighted by atomic mass is 10.2. The van der Waals surface area contributed by atoms with Crippen molar-refractivity contribution >= 4 is 29.2 Å². The predicted molar refractivity (Wildman–Crippen MR) is 50.1 cm³/mol. The van der Waals surface area contributed by atoms with E-state index in [4.69, 9.17) is 4.74 Å². The Labute approximate surface area is 73.6 Å². The summed E-state index contributed by atoms with van der Waals surface area (Å²) < 4.78 is 5.18. The van der Waals surface area contributed by atoms with Gasteiger partial charge in [0.1, 0.15) is 0 Å². The van der Waals surface area contributed by atoms with Gasteiger partial charge in [0.05, 0.1) is 6.61 Å². The van der Waals surface area contributed by atoms with Crippen LogP contribution in [0.25, 0.3) is 0 Å². The number of unbranched alkanes of at least 4 members (excludes halogenated alkanes) is 3. The van der Waals surface area contributed by atoms with E-state index in [-0.39, 0.29) is 4.38 Å². The molecule has 0 aliphatic rings. The molecule has 0 fully saturated rings. The van der Waals surface area contributed by atoms with Crippen LogP contribution in [0.3, 0.4) is 0 Å². The molecule has 0 unspecified atom stereocenters. The normalized spacial score (nSPS) is 9.30. The topological polar surface area (TPSA) is 9.23 Å². The fourth-order valence-electron chi connectivity index (χ4n) is 0.684. The van der Waals surface area contributed by atoms with E-state index in [1.165, 1.54) is 19.3 Å². The smallest absolute Gasteiger partial charge is 0.0858 e. The maximum Gasteiger partial charge on any atom is 0.0858 e. The quantitative estimate of drug-likeness (QED) is 0.362. The minimum absolute atomic E-state index is 0.247. The van der Waals surface area contributed by atoms with Crippen LogP contribution >= 0.6 is 12.2 Å². The fraction of sp³-hybridized carbons (Fsp3) is 0.857. The number of hydrogen-bond donors (Lipinski definition) is 0. The van der Waals surface area contributed by atoms with Crippen LogP contribution in [0.4, 0.5) is 0 Å². The number of thiocarbonyl (C=S) groups is 1. The van der Waals surface area contributed by atoms with Gasteiger partial charge in [-0.05, 0) is 6.42 Å². The first kappa shape index (κ1) is 10.1. The Hall–Kier alpha value is 0.110. The molecule has 0 saturated carbocycles. The van der Waals surface area contributed by atoms with Gasteiger partial charge < -0.3 is 29.6 Å². The summed E-state index contributed by atoms with van der Waals surface area (Å²) in [5, 5.41) is 0. The molecule has 0 heterocycles. The molecule has 0 atom stereocenters. The summed E-state index contributed by atoms with van der Waals surface area (Å²) in [7, 11) is 0. The Bertz CT molecular complexity index is 93.6. The second kappa shape index (κ2) is 7.22. The molecule has 0 amide bonds. The van der Waals surface area contributed by atoms with E-state index in [2.05, 4.69) is 31.8 Å². The standard InChI is InChI=1S/C7H14OS2/c1-2-3-4-5-6-8-7(9)10/h2-6H2,1H3,(H,9,10)/p-1. The van der Waals surface area contributed by atoms with E-state index in [1.807, 2.05) is 0 Å². The molecular formula is C7H13OS2-. The Morgan fingerprint density at radius 2 is 2.10 bits per heavy atom. The van der Waals surface area contributed by atoms with Crippen molar-refractivity contribution in [3.8, 4) is 0 Å². The zero-order chi connectivity index (χ0) is 7.82. The second-order valence-corrected chi connectivity index (χ2v) is 3.16. The molecule has 0 aliphatic carbocycles. The molecule has 0 aliphatic heterocycles. The predicted octanol–water partition coefficient (Wildman–Crippen LogP) is 2.42. The first-order valence-corrected chi connectivity index (χ1v) is 4.42. The van der Waals surface area contributed by atoms with E-state index < -0.39 is 0 Å². The van der Waals surface area contributed by atoms with Crippen molar-refractivity contribution in [2.75, 3.05) is 6.61 Å². The van der Waals surface area contributed by atoms with E-state index >= 15 is 0 Å². The summed E-state index contributed by atoms with van der Waals surface area (Å²) in [6.45, 7) is 2.88. The van der Waals surface area contributed by atoms with Gasteiger partial charge in [-0.3, -0.25) is 0 Å². The molecule has 0 aromatic heterocycles. The molecule has 60 valence electrons. The van der Waals surface area contributed by atoms with Crippen LogP contribution < -0.4 is 0 Å². The minimum atomic E-state index is 0.247. The molecular weight excluding hydrogens is 164 g/mol. The third-order valence-electron chi connectivity index (χ3n) is 1.22. The van der Waals surface area contributed by atoms with E-state index in [1.54, 1.807) is 0 Å². The monoisotopic (exact) mass is 177 g/mol. The molecule has 0 aromatic carbocycles. The highest BCUT2D eigenvalue weighted by molar-refractivity contribution is 7.99. The second-order valence-electron chi connectivity index (χ2n) is 2.16. The van der Waals surface area contributed by atoms with E-state index in [0.717, 1.165) is 6.42 Å². The first-order valence-electron chi connectivity index (χ1n) is 3.61. The molecule has 0 rings (SSSR count). The number of rotatable bonds is 5. The van der Waals surface area contributed by atoms with E-state index in [9.17, 15) is 0 Å².